The molecule has 2 aromatic carbocycles. The normalized spacial score (nSPS) is 12.0. The molecule has 9 heteroatoms. The van der Waals surface area contributed by atoms with E-state index in [4.69, 9.17) is 4.74 Å². The number of rotatable bonds is 11. The van der Waals surface area contributed by atoms with E-state index in [1.54, 1.807) is 31.2 Å². The first-order valence-electron chi connectivity index (χ1n) is 10.4. The van der Waals surface area contributed by atoms with Crippen LogP contribution in [0.4, 0.5) is 5.69 Å². The van der Waals surface area contributed by atoms with E-state index in [-0.39, 0.29) is 18.1 Å². The Labute approximate surface area is 190 Å². The van der Waals surface area contributed by atoms with E-state index in [1.165, 1.54) is 12.0 Å². The van der Waals surface area contributed by atoms with Crippen LogP contribution in [-0.2, 0) is 26.2 Å². The lowest BCUT2D eigenvalue weighted by atomic mass is 10.1. The summed E-state index contributed by atoms with van der Waals surface area (Å²) in [5.74, 6) is -0.460. The number of amides is 2. The highest BCUT2D eigenvalue weighted by atomic mass is 32.2. The van der Waals surface area contributed by atoms with Gasteiger partial charge in [-0.3, -0.25) is 13.9 Å². The van der Waals surface area contributed by atoms with Gasteiger partial charge in [0.25, 0.3) is 0 Å². The van der Waals surface area contributed by atoms with Crippen molar-refractivity contribution < 1.29 is 22.7 Å². The SMILES string of the molecule is CCCNC(=O)[C@@H](C)N(Cc1ccccc1)C(=O)CN(c1ccccc1OC)S(C)(=O)=O. The summed E-state index contributed by atoms with van der Waals surface area (Å²) in [6, 6.07) is 15.1. The Kier molecular flexibility index (Phi) is 9.07. The van der Waals surface area contributed by atoms with Crippen LogP contribution < -0.4 is 14.4 Å². The largest absolute Gasteiger partial charge is 0.495 e. The van der Waals surface area contributed by atoms with Crippen LogP contribution in [0.3, 0.4) is 0 Å². The Morgan fingerprint density at radius 3 is 2.28 bits per heavy atom. The highest BCUT2D eigenvalue weighted by molar-refractivity contribution is 7.92. The summed E-state index contributed by atoms with van der Waals surface area (Å²) in [7, 11) is -2.37. The van der Waals surface area contributed by atoms with Gasteiger partial charge in [0, 0.05) is 13.1 Å². The van der Waals surface area contributed by atoms with Gasteiger partial charge in [0.05, 0.1) is 19.1 Å². The molecule has 174 valence electrons. The quantitative estimate of drug-likeness (QED) is 0.554. The van der Waals surface area contributed by atoms with E-state index >= 15 is 0 Å². The Morgan fingerprint density at radius 1 is 1.06 bits per heavy atom. The van der Waals surface area contributed by atoms with E-state index in [9.17, 15) is 18.0 Å². The fourth-order valence-corrected chi connectivity index (χ4v) is 4.04. The maximum Gasteiger partial charge on any atom is 0.244 e. The van der Waals surface area contributed by atoms with Gasteiger partial charge >= 0.3 is 0 Å². The highest BCUT2D eigenvalue weighted by Gasteiger charge is 2.30. The number of methoxy groups -OCH3 is 1. The molecule has 0 saturated heterocycles. The van der Waals surface area contributed by atoms with Crippen molar-refractivity contribution in [1.29, 1.82) is 0 Å². The molecule has 0 bridgehead atoms. The van der Waals surface area contributed by atoms with Crippen LogP contribution in [0.1, 0.15) is 25.8 Å². The summed E-state index contributed by atoms with van der Waals surface area (Å²) in [6.45, 7) is 3.78. The lowest BCUT2D eigenvalue weighted by molar-refractivity contribution is -0.139. The number of benzene rings is 2. The molecule has 0 radical (unpaired) electrons. The molecule has 0 spiro atoms. The van der Waals surface area contributed by atoms with Crippen molar-refractivity contribution in [2.24, 2.45) is 0 Å². The molecule has 2 amide bonds. The number of para-hydroxylation sites is 2. The summed E-state index contributed by atoms with van der Waals surface area (Å²) in [5.41, 5.74) is 1.09. The van der Waals surface area contributed by atoms with Gasteiger partial charge in [-0.05, 0) is 31.0 Å². The predicted molar refractivity (Wildman–Crippen MR) is 125 cm³/mol. The molecule has 0 unspecified atom stereocenters. The monoisotopic (exact) mass is 461 g/mol. The van der Waals surface area contributed by atoms with Gasteiger partial charge < -0.3 is 15.0 Å². The molecule has 0 heterocycles. The van der Waals surface area contributed by atoms with Gasteiger partial charge in [0.2, 0.25) is 21.8 Å². The number of carbonyl (C=O) groups is 2. The topological polar surface area (TPSA) is 96.0 Å². The second-order valence-electron chi connectivity index (χ2n) is 7.42. The van der Waals surface area contributed by atoms with E-state index in [2.05, 4.69) is 5.32 Å². The first kappa shape index (κ1) is 25.2. The number of ether oxygens (including phenoxy) is 1. The lowest BCUT2D eigenvalue weighted by Crippen LogP contribution is -2.51. The smallest absolute Gasteiger partial charge is 0.244 e. The van der Waals surface area contributed by atoms with Crippen molar-refractivity contribution in [1.82, 2.24) is 10.2 Å². The molecule has 0 saturated carbocycles. The second kappa shape index (κ2) is 11.5. The van der Waals surface area contributed by atoms with Crippen molar-refractivity contribution in [3.8, 4) is 5.75 Å². The van der Waals surface area contributed by atoms with Gasteiger partial charge in [0.1, 0.15) is 18.3 Å². The summed E-state index contributed by atoms with van der Waals surface area (Å²) >= 11 is 0. The Morgan fingerprint density at radius 2 is 1.69 bits per heavy atom. The molecule has 2 aromatic rings. The molecule has 0 aliphatic heterocycles. The lowest BCUT2D eigenvalue weighted by Gasteiger charge is -2.31. The minimum absolute atomic E-state index is 0.171. The summed E-state index contributed by atoms with van der Waals surface area (Å²) in [5, 5.41) is 2.80. The van der Waals surface area contributed by atoms with E-state index in [0.29, 0.717) is 12.3 Å². The van der Waals surface area contributed by atoms with Crippen LogP contribution in [0.15, 0.2) is 54.6 Å². The first-order chi connectivity index (χ1) is 15.2. The molecule has 2 rings (SSSR count). The van der Waals surface area contributed by atoms with E-state index in [1.807, 2.05) is 37.3 Å². The number of carbonyl (C=O) groups excluding carboxylic acids is 2. The molecular weight excluding hydrogens is 430 g/mol. The van der Waals surface area contributed by atoms with Crippen LogP contribution in [-0.4, -0.2) is 57.6 Å². The molecule has 0 aliphatic rings. The van der Waals surface area contributed by atoms with Crippen molar-refractivity contribution in [3.63, 3.8) is 0 Å². The highest BCUT2D eigenvalue weighted by Crippen LogP contribution is 2.29. The molecule has 0 aliphatic carbocycles. The minimum Gasteiger partial charge on any atom is -0.495 e. The molecule has 8 nitrogen and oxygen atoms in total. The Hall–Kier alpha value is -3.07. The number of anilines is 1. The molecule has 1 atom stereocenters. The van der Waals surface area contributed by atoms with Crippen molar-refractivity contribution in [3.05, 3.63) is 60.2 Å². The van der Waals surface area contributed by atoms with Crippen LogP contribution in [0.2, 0.25) is 0 Å². The molecular formula is C23H31N3O5S. The van der Waals surface area contributed by atoms with Crippen molar-refractivity contribution >= 4 is 27.5 Å². The number of hydrogen-bond acceptors (Lipinski definition) is 5. The number of hydrogen-bond donors (Lipinski definition) is 1. The van der Waals surface area contributed by atoms with Gasteiger partial charge in [0.15, 0.2) is 0 Å². The number of nitrogens with one attached hydrogen (secondary N) is 1. The van der Waals surface area contributed by atoms with Gasteiger partial charge in [-0.15, -0.1) is 0 Å². The zero-order chi connectivity index (χ0) is 23.7. The maximum absolute atomic E-state index is 13.4. The fourth-order valence-electron chi connectivity index (χ4n) is 3.19. The third kappa shape index (κ3) is 6.71. The summed E-state index contributed by atoms with van der Waals surface area (Å²) in [6.07, 6.45) is 1.80. The average Bonchev–Trinajstić information content (AvgIpc) is 2.78. The van der Waals surface area contributed by atoms with Crippen LogP contribution in [0.5, 0.6) is 5.75 Å². The molecule has 1 N–H and O–H groups in total. The first-order valence-corrected chi connectivity index (χ1v) is 12.3. The van der Waals surface area contributed by atoms with Gasteiger partial charge in [-0.1, -0.05) is 49.4 Å². The Balaban J connectivity index is 2.38. The minimum atomic E-state index is -3.81. The third-order valence-corrected chi connectivity index (χ3v) is 6.07. The van der Waals surface area contributed by atoms with E-state index in [0.717, 1.165) is 22.5 Å². The molecule has 0 aromatic heterocycles. The number of nitrogens with zero attached hydrogens (tertiary/aromatic N) is 2. The van der Waals surface area contributed by atoms with Crippen molar-refractivity contribution in [2.45, 2.75) is 32.9 Å². The second-order valence-corrected chi connectivity index (χ2v) is 9.32. The fraction of sp³-hybridized carbons (Fsp3) is 0.391. The zero-order valence-corrected chi connectivity index (χ0v) is 19.8. The van der Waals surface area contributed by atoms with E-state index < -0.39 is 28.5 Å². The van der Waals surface area contributed by atoms with Crippen LogP contribution >= 0.6 is 0 Å². The maximum atomic E-state index is 13.4. The van der Waals surface area contributed by atoms with Gasteiger partial charge in [-0.25, -0.2) is 8.42 Å². The average molecular weight is 462 g/mol. The summed E-state index contributed by atoms with van der Waals surface area (Å²) in [4.78, 5) is 27.4. The van der Waals surface area contributed by atoms with Crippen LogP contribution in [0, 0.1) is 0 Å². The predicted octanol–water partition coefficient (Wildman–Crippen LogP) is 2.40. The van der Waals surface area contributed by atoms with Crippen molar-refractivity contribution in [2.75, 3.05) is 30.8 Å². The van der Waals surface area contributed by atoms with Gasteiger partial charge in [-0.2, -0.15) is 0 Å². The Bertz CT molecular complexity index is 1010. The molecule has 0 fully saturated rings. The zero-order valence-electron chi connectivity index (χ0n) is 18.9. The standard InChI is InChI=1S/C23H31N3O5S/c1-5-15-24-23(28)18(2)25(16-19-11-7-6-8-12-19)22(27)17-26(32(4,29)30)20-13-9-10-14-21(20)31-3/h6-14,18H,5,15-17H2,1-4H3,(H,24,28)/t18-/m1/s1. The molecule has 32 heavy (non-hydrogen) atoms. The summed E-state index contributed by atoms with van der Waals surface area (Å²) < 4.78 is 31.5. The number of sulfonamides is 1. The van der Waals surface area contributed by atoms with Crippen LogP contribution in [0.25, 0.3) is 0 Å². The third-order valence-electron chi connectivity index (χ3n) is 4.95.